The zero-order valence-corrected chi connectivity index (χ0v) is 16.6. The number of imidazole rings is 1. The summed E-state index contributed by atoms with van der Waals surface area (Å²) in [5.41, 5.74) is 0.622. The lowest BCUT2D eigenvalue weighted by Gasteiger charge is -2.22. The predicted octanol–water partition coefficient (Wildman–Crippen LogP) is 1.96. The molecule has 0 aliphatic carbocycles. The molecule has 148 valence electrons. The molecular weight excluding hydrogens is 380 g/mol. The first-order valence-electron chi connectivity index (χ1n) is 9.21. The molecule has 0 aromatic carbocycles. The monoisotopic (exact) mass is 402 g/mol. The van der Waals surface area contributed by atoms with Gasteiger partial charge >= 0.3 is 0 Å². The Labute approximate surface area is 163 Å². The molecule has 1 aliphatic heterocycles. The van der Waals surface area contributed by atoms with E-state index >= 15 is 0 Å². The Morgan fingerprint density at radius 2 is 2.14 bits per heavy atom. The van der Waals surface area contributed by atoms with Gasteiger partial charge in [0.15, 0.2) is 10.9 Å². The molecule has 3 aromatic rings. The van der Waals surface area contributed by atoms with Crippen LogP contribution in [-0.2, 0) is 23.5 Å². The van der Waals surface area contributed by atoms with Gasteiger partial charge in [0.05, 0.1) is 0 Å². The Morgan fingerprint density at radius 3 is 2.86 bits per heavy atom. The van der Waals surface area contributed by atoms with Crippen molar-refractivity contribution in [2.24, 2.45) is 7.05 Å². The second-order valence-electron chi connectivity index (χ2n) is 6.92. The van der Waals surface area contributed by atoms with Crippen molar-refractivity contribution in [3.8, 4) is 11.6 Å². The van der Waals surface area contributed by atoms with E-state index in [0.29, 0.717) is 42.6 Å². The molecule has 1 saturated heterocycles. The molecule has 3 aromatic heterocycles. The summed E-state index contributed by atoms with van der Waals surface area (Å²) in [6, 6.07) is 5.38. The van der Waals surface area contributed by atoms with Crippen molar-refractivity contribution >= 4 is 10.0 Å². The molecule has 1 atom stereocenters. The van der Waals surface area contributed by atoms with E-state index in [0.717, 1.165) is 12.8 Å². The zero-order valence-electron chi connectivity index (χ0n) is 15.8. The maximum Gasteiger partial charge on any atom is 0.276 e. The summed E-state index contributed by atoms with van der Waals surface area (Å²) < 4.78 is 34.6. The van der Waals surface area contributed by atoms with E-state index in [1.165, 1.54) is 0 Å². The number of hydrogen-bond acceptors (Lipinski definition) is 7. The molecule has 9 nitrogen and oxygen atoms in total. The summed E-state index contributed by atoms with van der Waals surface area (Å²) in [6.07, 6.45) is 6.05. The van der Waals surface area contributed by atoms with Crippen LogP contribution in [-0.4, -0.2) is 50.0 Å². The van der Waals surface area contributed by atoms with E-state index < -0.39 is 10.0 Å². The quantitative estimate of drug-likeness (QED) is 0.620. The second kappa shape index (κ2) is 7.44. The average molecular weight is 402 g/mol. The van der Waals surface area contributed by atoms with Crippen LogP contribution in [0.15, 0.2) is 40.1 Å². The lowest BCUT2D eigenvalue weighted by atomic mass is 10.1. The zero-order chi connectivity index (χ0) is 19.7. The molecule has 1 aliphatic rings. The number of hydrogen-bond donors (Lipinski definition) is 0. The van der Waals surface area contributed by atoms with Crippen molar-refractivity contribution in [1.29, 1.82) is 0 Å². The van der Waals surface area contributed by atoms with Crippen LogP contribution in [0.5, 0.6) is 0 Å². The molecule has 1 fully saturated rings. The van der Waals surface area contributed by atoms with Crippen LogP contribution < -0.4 is 0 Å². The molecule has 0 spiro atoms. The van der Waals surface area contributed by atoms with Crippen LogP contribution in [0.25, 0.3) is 11.6 Å². The molecule has 28 heavy (non-hydrogen) atoms. The Hall–Kier alpha value is -2.59. The molecule has 4 rings (SSSR count). The Morgan fingerprint density at radius 1 is 1.29 bits per heavy atom. The summed E-state index contributed by atoms with van der Waals surface area (Å²) >= 11 is 0. The Balaban J connectivity index is 1.45. The lowest BCUT2D eigenvalue weighted by molar-refractivity contribution is 0.363. The van der Waals surface area contributed by atoms with Crippen molar-refractivity contribution in [2.75, 3.05) is 6.54 Å². The third-order valence-electron chi connectivity index (χ3n) is 5.04. The highest BCUT2D eigenvalue weighted by atomic mass is 32.2. The fraction of sp³-hybridized carbons (Fsp3) is 0.444. The largest absolute Gasteiger partial charge is 0.337 e. The van der Waals surface area contributed by atoms with E-state index in [1.54, 1.807) is 41.3 Å². The van der Waals surface area contributed by atoms with Crippen LogP contribution in [0.1, 0.15) is 30.9 Å². The van der Waals surface area contributed by atoms with E-state index in [2.05, 4.69) is 20.1 Å². The first-order valence-corrected chi connectivity index (χ1v) is 10.6. The normalized spacial score (nSPS) is 18.0. The van der Waals surface area contributed by atoms with Gasteiger partial charge in [0.2, 0.25) is 0 Å². The number of aromatic nitrogens is 5. The van der Waals surface area contributed by atoms with Gasteiger partial charge in [0.1, 0.15) is 11.5 Å². The van der Waals surface area contributed by atoms with Gasteiger partial charge in [-0.3, -0.25) is 4.98 Å². The predicted molar refractivity (Wildman–Crippen MR) is 101 cm³/mol. The van der Waals surface area contributed by atoms with Crippen molar-refractivity contribution < 1.29 is 12.9 Å². The third-order valence-corrected chi connectivity index (χ3v) is 6.86. The van der Waals surface area contributed by atoms with E-state index in [-0.39, 0.29) is 11.1 Å². The highest BCUT2D eigenvalue weighted by molar-refractivity contribution is 7.89. The van der Waals surface area contributed by atoms with Gasteiger partial charge in [0, 0.05) is 38.4 Å². The van der Waals surface area contributed by atoms with Gasteiger partial charge in [-0.15, -0.1) is 0 Å². The van der Waals surface area contributed by atoms with Crippen LogP contribution in [0.4, 0.5) is 0 Å². The Bertz CT molecular complexity index is 1040. The van der Waals surface area contributed by atoms with Gasteiger partial charge in [-0.25, -0.2) is 13.4 Å². The van der Waals surface area contributed by atoms with Crippen molar-refractivity contribution in [2.45, 2.75) is 43.7 Å². The second-order valence-corrected chi connectivity index (χ2v) is 8.76. The molecule has 0 radical (unpaired) electrons. The molecular formula is C18H22N6O3S. The Kier molecular flexibility index (Phi) is 4.98. The first-order chi connectivity index (χ1) is 13.4. The maximum absolute atomic E-state index is 13.0. The number of nitrogens with zero attached hydrogens (tertiary/aromatic N) is 6. The van der Waals surface area contributed by atoms with Gasteiger partial charge in [-0.2, -0.15) is 9.29 Å². The standard InChI is InChI=1S/C18H22N6O3S/c1-13-20-17(12-23(13)2)28(25,26)24-11-5-6-14(24)8-9-16-21-18(27-22-16)15-7-3-4-10-19-15/h3-4,7,10,12,14H,5-6,8-9,11H2,1-2H3. The minimum atomic E-state index is -3.60. The minimum Gasteiger partial charge on any atom is -0.337 e. The van der Waals surface area contributed by atoms with E-state index in [4.69, 9.17) is 4.52 Å². The first kappa shape index (κ1) is 18.8. The van der Waals surface area contributed by atoms with Crippen LogP contribution in [0.3, 0.4) is 0 Å². The SMILES string of the molecule is Cc1nc(S(=O)(=O)N2CCCC2CCc2noc(-c3ccccn3)n2)cn1C. The number of rotatable bonds is 6. The summed E-state index contributed by atoms with van der Waals surface area (Å²) in [4.78, 5) is 12.8. The number of sulfonamides is 1. The highest BCUT2D eigenvalue weighted by Gasteiger charge is 2.36. The molecule has 1 unspecified atom stereocenters. The van der Waals surface area contributed by atoms with Crippen molar-refractivity contribution in [3.63, 3.8) is 0 Å². The average Bonchev–Trinajstić information content (AvgIpc) is 3.42. The smallest absolute Gasteiger partial charge is 0.276 e. The molecule has 10 heteroatoms. The van der Waals surface area contributed by atoms with Gasteiger partial charge in [-0.05, 0) is 38.3 Å². The van der Waals surface area contributed by atoms with Crippen LogP contribution in [0, 0.1) is 6.92 Å². The van der Waals surface area contributed by atoms with Gasteiger partial charge < -0.3 is 9.09 Å². The van der Waals surface area contributed by atoms with E-state index in [1.807, 2.05) is 12.1 Å². The summed E-state index contributed by atoms with van der Waals surface area (Å²) in [5.74, 6) is 1.59. The minimum absolute atomic E-state index is 0.0934. The molecule has 0 bridgehead atoms. The van der Waals surface area contributed by atoms with Crippen molar-refractivity contribution in [3.05, 3.63) is 42.2 Å². The number of pyridine rings is 1. The summed E-state index contributed by atoms with van der Waals surface area (Å²) in [6.45, 7) is 2.30. The highest BCUT2D eigenvalue weighted by Crippen LogP contribution is 2.28. The molecule has 0 amide bonds. The topological polar surface area (TPSA) is 107 Å². The molecule has 0 N–H and O–H groups in total. The summed E-state index contributed by atoms with van der Waals surface area (Å²) in [7, 11) is -1.81. The van der Waals surface area contributed by atoms with Gasteiger partial charge in [-0.1, -0.05) is 11.2 Å². The third kappa shape index (κ3) is 3.57. The van der Waals surface area contributed by atoms with E-state index in [9.17, 15) is 8.42 Å². The van der Waals surface area contributed by atoms with Crippen molar-refractivity contribution in [1.82, 2.24) is 29.0 Å². The maximum atomic E-state index is 13.0. The lowest BCUT2D eigenvalue weighted by Crippen LogP contribution is -2.36. The number of aryl methyl sites for hydroxylation is 3. The fourth-order valence-corrected chi connectivity index (χ4v) is 5.18. The molecule has 4 heterocycles. The molecule has 0 saturated carbocycles. The fourth-order valence-electron chi connectivity index (χ4n) is 3.43. The van der Waals surface area contributed by atoms with Gasteiger partial charge in [0.25, 0.3) is 15.9 Å². The van der Waals surface area contributed by atoms with Crippen LogP contribution >= 0.6 is 0 Å². The van der Waals surface area contributed by atoms with Crippen LogP contribution in [0.2, 0.25) is 0 Å². The summed E-state index contributed by atoms with van der Waals surface area (Å²) in [5, 5.41) is 4.11.